The molecule has 0 saturated heterocycles. The molecule has 0 radical (unpaired) electrons. The fourth-order valence-electron chi connectivity index (χ4n) is 2.87. The van der Waals surface area contributed by atoms with Gasteiger partial charge in [-0.2, -0.15) is 0 Å². The van der Waals surface area contributed by atoms with Gasteiger partial charge in [0.25, 0.3) is 0 Å². The molecule has 0 N–H and O–H groups in total. The fourth-order valence-corrected chi connectivity index (χ4v) is 2.87. The Balaban J connectivity index is 1.99. The lowest BCUT2D eigenvalue weighted by Gasteiger charge is -2.38. The van der Waals surface area contributed by atoms with Crippen molar-refractivity contribution in [1.82, 2.24) is 0 Å². The van der Waals surface area contributed by atoms with Gasteiger partial charge in [0.15, 0.2) is 0 Å². The minimum atomic E-state index is 0.320. The molecule has 1 nitrogen and oxygen atoms in total. The Morgan fingerprint density at radius 1 is 1.17 bits per heavy atom. The van der Waals surface area contributed by atoms with E-state index in [0.717, 1.165) is 12.2 Å². The number of rotatable bonds is 4. The summed E-state index contributed by atoms with van der Waals surface area (Å²) in [5.74, 6) is 1.04. The van der Waals surface area contributed by atoms with Crippen LogP contribution >= 0.6 is 0 Å². The van der Waals surface area contributed by atoms with E-state index in [1.165, 1.54) is 37.7 Å². The summed E-state index contributed by atoms with van der Waals surface area (Å²) >= 11 is 0. The van der Waals surface area contributed by atoms with Gasteiger partial charge in [-0.15, -0.1) is 0 Å². The fraction of sp³-hybridized carbons (Fsp3) is 0.647. The number of hydrogen-bond donors (Lipinski definition) is 0. The highest BCUT2D eigenvalue weighted by molar-refractivity contribution is 5.27. The zero-order chi connectivity index (χ0) is 13.0. The normalized spacial score (nSPS) is 22.7. The number of hydrogen-bond acceptors (Lipinski definition) is 1. The predicted molar refractivity (Wildman–Crippen MR) is 77.1 cm³/mol. The van der Waals surface area contributed by atoms with Gasteiger partial charge >= 0.3 is 0 Å². The summed E-state index contributed by atoms with van der Waals surface area (Å²) in [5, 5.41) is 0. The van der Waals surface area contributed by atoms with Crippen molar-refractivity contribution < 1.29 is 4.74 Å². The first-order valence-corrected chi connectivity index (χ1v) is 7.37. The van der Waals surface area contributed by atoms with Gasteiger partial charge in [-0.25, -0.2) is 0 Å². The van der Waals surface area contributed by atoms with Crippen LogP contribution < -0.4 is 4.74 Å². The molecule has 100 valence electrons. The molecule has 1 aromatic rings. The van der Waals surface area contributed by atoms with E-state index in [1.807, 2.05) is 0 Å². The maximum atomic E-state index is 6.20. The zero-order valence-corrected chi connectivity index (χ0v) is 12.0. The molecule has 1 fully saturated rings. The average Bonchev–Trinajstić information content (AvgIpc) is 2.34. The lowest BCUT2D eigenvalue weighted by atomic mass is 9.75. The van der Waals surface area contributed by atoms with Crippen LogP contribution in [0.25, 0.3) is 0 Å². The molecule has 0 unspecified atom stereocenters. The highest BCUT2D eigenvalue weighted by Crippen LogP contribution is 2.37. The Morgan fingerprint density at radius 3 is 2.50 bits per heavy atom. The van der Waals surface area contributed by atoms with E-state index in [-0.39, 0.29) is 0 Å². The summed E-state index contributed by atoms with van der Waals surface area (Å²) in [6.07, 6.45) is 7.88. The van der Waals surface area contributed by atoms with Crippen LogP contribution in [0.15, 0.2) is 24.3 Å². The molecule has 0 bridgehead atoms. The summed E-state index contributed by atoms with van der Waals surface area (Å²) in [4.78, 5) is 0. The van der Waals surface area contributed by atoms with Crippen LogP contribution in [0, 0.1) is 5.41 Å². The van der Waals surface area contributed by atoms with E-state index in [0.29, 0.717) is 11.5 Å². The molecule has 1 aromatic carbocycles. The van der Waals surface area contributed by atoms with Gasteiger partial charge in [0, 0.05) is 5.41 Å². The van der Waals surface area contributed by atoms with Crippen LogP contribution in [0.1, 0.15) is 58.4 Å². The molecule has 2 rings (SSSR count). The molecular formula is C17H26O. The van der Waals surface area contributed by atoms with Gasteiger partial charge in [0.05, 0.1) is 0 Å². The van der Waals surface area contributed by atoms with E-state index < -0.39 is 0 Å². The van der Waals surface area contributed by atoms with Crippen molar-refractivity contribution in [2.45, 2.75) is 65.4 Å². The van der Waals surface area contributed by atoms with Crippen LogP contribution in [0.5, 0.6) is 5.75 Å². The maximum Gasteiger partial charge on any atom is 0.119 e. The Morgan fingerprint density at radius 2 is 1.89 bits per heavy atom. The topological polar surface area (TPSA) is 9.23 Å². The van der Waals surface area contributed by atoms with Crippen LogP contribution in [-0.4, -0.2) is 6.10 Å². The second kappa shape index (κ2) is 5.77. The number of aryl methyl sites for hydroxylation is 1. The highest BCUT2D eigenvalue weighted by atomic mass is 16.5. The van der Waals surface area contributed by atoms with Gasteiger partial charge < -0.3 is 4.74 Å². The van der Waals surface area contributed by atoms with Crippen LogP contribution in [-0.2, 0) is 6.42 Å². The predicted octanol–water partition coefficient (Wildman–Crippen LogP) is 4.99. The largest absolute Gasteiger partial charge is 0.490 e. The van der Waals surface area contributed by atoms with E-state index in [2.05, 4.69) is 45.0 Å². The number of benzene rings is 1. The van der Waals surface area contributed by atoms with Crippen LogP contribution in [0.2, 0.25) is 0 Å². The lowest BCUT2D eigenvalue weighted by molar-refractivity contribution is 0.0339. The van der Waals surface area contributed by atoms with Crippen molar-refractivity contribution in [2.75, 3.05) is 0 Å². The summed E-state index contributed by atoms with van der Waals surface area (Å²) in [7, 11) is 0. The Kier molecular flexibility index (Phi) is 4.31. The second-order valence-electron chi connectivity index (χ2n) is 6.23. The number of ether oxygens (including phenoxy) is 1. The quantitative estimate of drug-likeness (QED) is 0.727. The summed E-state index contributed by atoms with van der Waals surface area (Å²) in [6, 6.07) is 8.68. The molecule has 0 heterocycles. The molecule has 0 spiro atoms. The Labute approximate surface area is 112 Å². The zero-order valence-electron chi connectivity index (χ0n) is 12.0. The summed E-state index contributed by atoms with van der Waals surface area (Å²) in [5.41, 5.74) is 1.73. The Hall–Kier alpha value is -0.980. The van der Waals surface area contributed by atoms with Crippen molar-refractivity contribution in [3.05, 3.63) is 29.8 Å². The first-order chi connectivity index (χ1) is 8.62. The van der Waals surface area contributed by atoms with Gasteiger partial charge in [-0.1, -0.05) is 45.7 Å². The van der Waals surface area contributed by atoms with E-state index in [1.54, 1.807) is 0 Å². The molecule has 0 aromatic heterocycles. The van der Waals surface area contributed by atoms with Crippen molar-refractivity contribution in [3.8, 4) is 5.75 Å². The molecule has 1 atom stereocenters. The first-order valence-electron chi connectivity index (χ1n) is 7.37. The van der Waals surface area contributed by atoms with Crippen LogP contribution in [0.4, 0.5) is 0 Å². The lowest BCUT2D eigenvalue weighted by Crippen LogP contribution is -2.37. The minimum absolute atomic E-state index is 0.320. The SMILES string of the molecule is CCCc1ccc(O[C@H]2CCCCC2(C)C)cc1. The van der Waals surface area contributed by atoms with Crippen molar-refractivity contribution in [3.63, 3.8) is 0 Å². The third-order valence-corrected chi connectivity index (χ3v) is 4.15. The van der Waals surface area contributed by atoms with Gasteiger partial charge in [-0.05, 0) is 43.4 Å². The van der Waals surface area contributed by atoms with Gasteiger partial charge in [0.2, 0.25) is 0 Å². The van der Waals surface area contributed by atoms with Crippen molar-refractivity contribution in [2.24, 2.45) is 5.41 Å². The maximum absolute atomic E-state index is 6.20. The molecule has 1 heteroatoms. The van der Waals surface area contributed by atoms with Crippen molar-refractivity contribution in [1.29, 1.82) is 0 Å². The molecule has 1 aliphatic rings. The van der Waals surface area contributed by atoms with Crippen molar-refractivity contribution >= 4 is 0 Å². The molecule has 18 heavy (non-hydrogen) atoms. The van der Waals surface area contributed by atoms with Gasteiger partial charge in [0.1, 0.15) is 11.9 Å². The average molecular weight is 246 g/mol. The summed E-state index contributed by atoms with van der Waals surface area (Å²) < 4.78 is 6.20. The third-order valence-electron chi connectivity index (χ3n) is 4.15. The van der Waals surface area contributed by atoms with E-state index >= 15 is 0 Å². The molecule has 0 amide bonds. The smallest absolute Gasteiger partial charge is 0.119 e. The summed E-state index contributed by atoms with van der Waals surface area (Å²) in [6.45, 7) is 6.89. The van der Waals surface area contributed by atoms with Crippen LogP contribution in [0.3, 0.4) is 0 Å². The third kappa shape index (κ3) is 3.28. The first kappa shape index (κ1) is 13.5. The van der Waals surface area contributed by atoms with E-state index in [4.69, 9.17) is 4.74 Å². The highest BCUT2D eigenvalue weighted by Gasteiger charge is 2.33. The standard InChI is InChI=1S/C17H26O/c1-4-7-14-9-11-15(12-10-14)18-16-8-5-6-13-17(16,2)3/h9-12,16H,4-8,13H2,1-3H3/t16-/m0/s1. The monoisotopic (exact) mass is 246 g/mol. The minimum Gasteiger partial charge on any atom is -0.490 e. The van der Waals surface area contributed by atoms with E-state index in [9.17, 15) is 0 Å². The molecular weight excluding hydrogens is 220 g/mol. The Bertz CT molecular complexity index is 364. The molecule has 1 aliphatic carbocycles. The second-order valence-corrected chi connectivity index (χ2v) is 6.23. The van der Waals surface area contributed by atoms with Gasteiger partial charge in [-0.3, -0.25) is 0 Å². The molecule has 1 saturated carbocycles. The molecule has 0 aliphatic heterocycles.